The van der Waals surface area contributed by atoms with Crippen LogP contribution in [0.3, 0.4) is 0 Å². The summed E-state index contributed by atoms with van der Waals surface area (Å²) in [7, 11) is 0. The number of fused-ring (bicyclic) bond motifs is 1. The molecule has 158 valence electrons. The van der Waals surface area contributed by atoms with Crippen LogP contribution in [-0.4, -0.2) is 19.5 Å². The third-order valence-electron chi connectivity index (χ3n) is 5.23. The van der Waals surface area contributed by atoms with E-state index in [1.165, 1.54) is 11.8 Å². The molecule has 0 saturated heterocycles. The number of thioether (sulfide) groups is 1. The van der Waals surface area contributed by atoms with Gasteiger partial charge in [-0.25, -0.2) is 9.97 Å². The molecule has 0 fully saturated rings. The molecule has 2 aromatic carbocycles. The van der Waals surface area contributed by atoms with Crippen LogP contribution in [0.2, 0.25) is 0 Å². The monoisotopic (exact) mass is 456 g/mol. The molecule has 0 bridgehead atoms. The van der Waals surface area contributed by atoms with E-state index in [0.717, 1.165) is 22.0 Å². The van der Waals surface area contributed by atoms with Gasteiger partial charge in [0, 0.05) is 17.3 Å². The van der Waals surface area contributed by atoms with Gasteiger partial charge < -0.3 is 0 Å². The van der Waals surface area contributed by atoms with Gasteiger partial charge in [0.05, 0.1) is 28.3 Å². The van der Waals surface area contributed by atoms with Gasteiger partial charge in [0.25, 0.3) is 5.56 Å². The first kappa shape index (κ1) is 20.6. The Labute approximate surface area is 193 Å². The molecule has 3 heterocycles. The maximum absolute atomic E-state index is 13.5. The summed E-state index contributed by atoms with van der Waals surface area (Å²) in [5.41, 5.74) is 3.57. The fourth-order valence-electron chi connectivity index (χ4n) is 3.57. The maximum Gasteiger partial charge on any atom is 0.262 e. The Morgan fingerprint density at radius 3 is 2.56 bits per heavy atom. The van der Waals surface area contributed by atoms with E-state index in [0.29, 0.717) is 21.8 Å². The molecule has 3 aromatic heterocycles. The van der Waals surface area contributed by atoms with E-state index < -0.39 is 0 Å². The van der Waals surface area contributed by atoms with Crippen molar-refractivity contribution in [2.24, 2.45) is 0 Å². The van der Waals surface area contributed by atoms with Crippen molar-refractivity contribution >= 4 is 34.0 Å². The predicted molar refractivity (Wildman–Crippen MR) is 131 cm³/mol. The van der Waals surface area contributed by atoms with Crippen LogP contribution in [0.4, 0.5) is 0 Å². The molecular formula is C25H20N4OS2. The van der Waals surface area contributed by atoms with E-state index in [1.54, 1.807) is 22.1 Å². The molecule has 0 amide bonds. The highest BCUT2D eigenvalue weighted by atomic mass is 32.2. The minimum atomic E-state index is -0.136. The summed E-state index contributed by atoms with van der Waals surface area (Å²) in [6, 6.07) is 23.2. The van der Waals surface area contributed by atoms with Crippen LogP contribution in [0, 0.1) is 0 Å². The molecule has 32 heavy (non-hydrogen) atoms. The van der Waals surface area contributed by atoms with Crippen molar-refractivity contribution in [2.45, 2.75) is 23.9 Å². The van der Waals surface area contributed by atoms with E-state index in [2.05, 4.69) is 4.98 Å². The Hall–Kier alpha value is -3.29. The first-order chi connectivity index (χ1) is 15.7. The zero-order chi connectivity index (χ0) is 21.9. The van der Waals surface area contributed by atoms with Crippen molar-refractivity contribution in [3.8, 4) is 10.7 Å². The second-order valence-corrected chi connectivity index (χ2v) is 9.12. The summed E-state index contributed by atoms with van der Waals surface area (Å²) in [4.78, 5) is 27.4. The van der Waals surface area contributed by atoms with Crippen molar-refractivity contribution in [3.05, 3.63) is 106 Å². The number of aromatic nitrogens is 4. The molecule has 1 unspecified atom stereocenters. The molecule has 0 N–H and O–H groups in total. The van der Waals surface area contributed by atoms with Gasteiger partial charge in [-0.2, -0.15) is 0 Å². The van der Waals surface area contributed by atoms with Crippen LogP contribution in [0.25, 0.3) is 21.6 Å². The number of hydrogen-bond donors (Lipinski definition) is 0. The number of rotatable bonds is 6. The van der Waals surface area contributed by atoms with Gasteiger partial charge in [-0.15, -0.1) is 11.3 Å². The number of pyridine rings is 1. The molecule has 5 nitrogen and oxygen atoms in total. The first-order valence-corrected chi connectivity index (χ1v) is 12.1. The highest BCUT2D eigenvalue weighted by molar-refractivity contribution is 7.98. The highest BCUT2D eigenvalue weighted by Gasteiger charge is 2.18. The lowest BCUT2D eigenvalue weighted by atomic mass is 10.1. The van der Waals surface area contributed by atoms with Crippen LogP contribution in [-0.2, 0) is 5.75 Å². The van der Waals surface area contributed by atoms with Crippen LogP contribution in [0.1, 0.15) is 24.2 Å². The van der Waals surface area contributed by atoms with Crippen LogP contribution in [0.5, 0.6) is 0 Å². The number of hydrogen-bond acceptors (Lipinski definition) is 6. The van der Waals surface area contributed by atoms with E-state index in [4.69, 9.17) is 9.97 Å². The molecule has 0 spiro atoms. The fourth-order valence-corrected chi connectivity index (χ4v) is 5.44. The average molecular weight is 457 g/mol. The largest absolute Gasteiger partial charge is 0.280 e. The van der Waals surface area contributed by atoms with Gasteiger partial charge in [0.2, 0.25) is 0 Å². The standard InChI is InChI=1S/C25H20N4OS2/c1-17(18-9-3-2-4-10-18)29-24(30)20-11-5-6-12-21(20)28-25(29)32-16-19-15-31-23(27-19)22-13-7-8-14-26-22/h2-15,17H,16H2,1H3. The summed E-state index contributed by atoms with van der Waals surface area (Å²) in [6.07, 6.45) is 1.77. The number of para-hydroxylation sites is 1. The van der Waals surface area contributed by atoms with Crippen molar-refractivity contribution < 1.29 is 0 Å². The molecule has 0 aliphatic heterocycles. The van der Waals surface area contributed by atoms with E-state index in [1.807, 2.05) is 85.1 Å². The summed E-state index contributed by atoms with van der Waals surface area (Å²) in [5, 5.41) is 4.26. The van der Waals surface area contributed by atoms with Crippen LogP contribution in [0.15, 0.2) is 94.3 Å². The van der Waals surface area contributed by atoms with Crippen molar-refractivity contribution in [1.82, 2.24) is 19.5 Å². The lowest BCUT2D eigenvalue weighted by molar-refractivity contribution is 0.548. The molecule has 5 rings (SSSR count). The van der Waals surface area contributed by atoms with E-state index in [9.17, 15) is 4.79 Å². The summed E-state index contributed by atoms with van der Waals surface area (Å²) < 4.78 is 1.80. The molecule has 7 heteroatoms. The molecule has 1 atom stereocenters. The summed E-state index contributed by atoms with van der Waals surface area (Å²) in [5.74, 6) is 0.621. The lowest BCUT2D eigenvalue weighted by Crippen LogP contribution is -2.27. The smallest absolute Gasteiger partial charge is 0.262 e. The van der Waals surface area contributed by atoms with Gasteiger partial charge in [0.1, 0.15) is 5.01 Å². The molecule has 0 saturated carbocycles. The Morgan fingerprint density at radius 2 is 1.75 bits per heavy atom. The Morgan fingerprint density at radius 1 is 0.969 bits per heavy atom. The SMILES string of the molecule is CC(c1ccccc1)n1c(SCc2csc(-c3ccccn3)n2)nc2ccccc2c1=O. The Balaban J connectivity index is 1.50. The molecular weight excluding hydrogens is 436 g/mol. The quantitative estimate of drug-likeness (QED) is 0.238. The minimum Gasteiger partial charge on any atom is -0.280 e. The van der Waals surface area contributed by atoms with Crippen LogP contribution >= 0.6 is 23.1 Å². The molecule has 5 aromatic rings. The minimum absolute atomic E-state index is 0.0260. The number of thiazole rings is 1. The average Bonchev–Trinajstić information content (AvgIpc) is 3.33. The van der Waals surface area contributed by atoms with Gasteiger partial charge in [-0.1, -0.05) is 60.3 Å². The zero-order valence-electron chi connectivity index (χ0n) is 17.4. The summed E-state index contributed by atoms with van der Waals surface area (Å²) >= 11 is 3.11. The second kappa shape index (κ2) is 9.06. The van der Waals surface area contributed by atoms with Gasteiger partial charge in [-0.05, 0) is 36.8 Å². The van der Waals surface area contributed by atoms with Crippen molar-refractivity contribution in [1.29, 1.82) is 0 Å². The highest BCUT2D eigenvalue weighted by Crippen LogP contribution is 2.29. The molecule has 0 radical (unpaired) electrons. The molecule has 0 aliphatic carbocycles. The topological polar surface area (TPSA) is 60.7 Å². The van der Waals surface area contributed by atoms with E-state index >= 15 is 0 Å². The lowest BCUT2D eigenvalue weighted by Gasteiger charge is -2.19. The normalized spacial score (nSPS) is 12.2. The molecule has 0 aliphatic rings. The second-order valence-electron chi connectivity index (χ2n) is 7.32. The van der Waals surface area contributed by atoms with Gasteiger partial charge in [0.15, 0.2) is 5.16 Å². The zero-order valence-corrected chi connectivity index (χ0v) is 19.0. The Kier molecular flexibility index (Phi) is 5.83. The number of nitrogens with zero attached hydrogens (tertiary/aromatic N) is 4. The maximum atomic E-state index is 13.5. The predicted octanol–water partition coefficient (Wildman–Crippen LogP) is 5.82. The number of benzene rings is 2. The third kappa shape index (κ3) is 4.09. The third-order valence-corrected chi connectivity index (χ3v) is 7.13. The van der Waals surface area contributed by atoms with Gasteiger partial charge >= 0.3 is 0 Å². The van der Waals surface area contributed by atoms with Crippen molar-refractivity contribution in [3.63, 3.8) is 0 Å². The van der Waals surface area contributed by atoms with Gasteiger partial charge in [-0.3, -0.25) is 14.3 Å². The van der Waals surface area contributed by atoms with E-state index in [-0.39, 0.29) is 11.6 Å². The summed E-state index contributed by atoms with van der Waals surface area (Å²) in [6.45, 7) is 2.04. The Bertz CT molecular complexity index is 1410. The first-order valence-electron chi connectivity index (χ1n) is 10.3. The van der Waals surface area contributed by atoms with Crippen molar-refractivity contribution in [2.75, 3.05) is 0 Å². The van der Waals surface area contributed by atoms with Crippen LogP contribution < -0.4 is 5.56 Å². The fraction of sp³-hybridized carbons (Fsp3) is 0.120.